The Morgan fingerprint density at radius 1 is 1.07 bits per heavy atom. The fourth-order valence-corrected chi connectivity index (χ4v) is 5.64. The second-order valence-electron chi connectivity index (χ2n) is 11.5. The second kappa shape index (κ2) is 10.4. The first-order valence-electron chi connectivity index (χ1n) is 13.4. The molecule has 0 bridgehead atoms. The minimum absolute atomic E-state index is 0.0105. The van der Waals surface area contributed by atoms with Gasteiger partial charge in [0, 0.05) is 34.8 Å². The van der Waals surface area contributed by atoms with Gasteiger partial charge in [0.25, 0.3) is 0 Å². The molecule has 0 radical (unpaired) electrons. The normalized spacial score (nSPS) is 14.2. The Morgan fingerprint density at radius 3 is 2.30 bits per heavy atom. The summed E-state index contributed by atoms with van der Waals surface area (Å²) in [5.41, 5.74) is 5.40. The molecule has 3 heterocycles. The number of hydrogen-bond acceptors (Lipinski definition) is 6. The lowest BCUT2D eigenvalue weighted by Gasteiger charge is -2.35. The number of benzene rings is 2. The van der Waals surface area contributed by atoms with Crippen LogP contribution in [0.1, 0.15) is 57.5 Å². The van der Waals surface area contributed by atoms with E-state index < -0.39 is 17.7 Å². The SMILES string of the molecule is Cc1c([C@H](OC(C)(C)C)C(=O)O)c(-c2ccc(Cl)cc2)c2cc(C)n3c2c1N(c1ncc(OC(C)C)cn1)CC3. The van der Waals surface area contributed by atoms with Crippen molar-refractivity contribution in [1.29, 1.82) is 0 Å². The Balaban J connectivity index is 1.82. The van der Waals surface area contributed by atoms with Crippen molar-refractivity contribution in [3.63, 3.8) is 0 Å². The van der Waals surface area contributed by atoms with E-state index in [4.69, 9.17) is 21.1 Å². The predicted octanol–water partition coefficient (Wildman–Crippen LogP) is 7.25. The zero-order chi connectivity index (χ0) is 28.9. The van der Waals surface area contributed by atoms with E-state index in [1.54, 1.807) is 12.4 Å². The molecule has 0 fully saturated rings. The third-order valence-electron chi connectivity index (χ3n) is 6.96. The zero-order valence-corrected chi connectivity index (χ0v) is 24.7. The summed E-state index contributed by atoms with van der Waals surface area (Å²) in [5, 5.41) is 12.1. The van der Waals surface area contributed by atoms with Gasteiger partial charge in [0.15, 0.2) is 11.9 Å². The number of nitrogens with zero attached hydrogens (tertiary/aromatic N) is 4. The smallest absolute Gasteiger partial charge is 0.337 e. The maximum atomic E-state index is 12.9. The van der Waals surface area contributed by atoms with Crippen LogP contribution >= 0.6 is 11.6 Å². The standard InChI is InChI=1S/C31H35ClN4O4/c1-17(2)39-22-15-33-30(34-16-22)36-13-12-35-18(3)14-23-25(20-8-10-21(32)11-9-20)24(19(4)26(36)27(23)35)28(29(37)38)40-31(5,6)7/h8-11,14-17,28H,12-13H2,1-7H3,(H,37,38)/t28-/m0/s1. The third-order valence-corrected chi connectivity index (χ3v) is 7.21. The van der Waals surface area contributed by atoms with Gasteiger partial charge in [-0.25, -0.2) is 14.8 Å². The topological polar surface area (TPSA) is 89.7 Å². The van der Waals surface area contributed by atoms with Crippen LogP contribution in [0.15, 0.2) is 42.7 Å². The number of carboxylic acids is 1. The summed E-state index contributed by atoms with van der Waals surface area (Å²) in [5.74, 6) is 0.0734. The lowest BCUT2D eigenvalue weighted by Crippen LogP contribution is -2.32. The molecule has 1 aliphatic heterocycles. The average Bonchev–Trinajstić information content (AvgIpc) is 3.21. The molecule has 5 rings (SSSR count). The van der Waals surface area contributed by atoms with Crippen molar-refractivity contribution in [2.24, 2.45) is 0 Å². The number of aryl methyl sites for hydroxylation is 1. The van der Waals surface area contributed by atoms with Crippen LogP contribution in [0.5, 0.6) is 5.75 Å². The summed E-state index contributed by atoms with van der Waals surface area (Å²) in [6.07, 6.45) is 2.16. The molecule has 0 aliphatic carbocycles. The number of carboxylic acid groups (broad SMARTS) is 1. The zero-order valence-electron chi connectivity index (χ0n) is 23.9. The van der Waals surface area contributed by atoms with Gasteiger partial charge in [-0.3, -0.25) is 0 Å². The molecule has 9 heteroatoms. The molecule has 0 saturated carbocycles. The molecule has 1 atom stereocenters. The molecule has 0 spiro atoms. The van der Waals surface area contributed by atoms with Crippen molar-refractivity contribution in [1.82, 2.24) is 14.5 Å². The Labute approximate surface area is 239 Å². The molecular formula is C31H35ClN4O4. The van der Waals surface area contributed by atoms with Gasteiger partial charge in [0.05, 0.1) is 35.3 Å². The maximum absolute atomic E-state index is 12.9. The number of aromatic nitrogens is 3. The van der Waals surface area contributed by atoms with Crippen LogP contribution in [0.2, 0.25) is 5.02 Å². The predicted molar refractivity (Wildman–Crippen MR) is 158 cm³/mol. The lowest BCUT2D eigenvalue weighted by atomic mass is 9.87. The van der Waals surface area contributed by atoms with Gasteiger partial charge in [-0.1, -0.05) is 23.7 Å². The fourth-order valence-electron chi connectivity index (χ4n) is 5.51. The summed E-state index contributed by atoms with van der Waals surface area (Å²) in [7, 11) is 0. The Morgan fingerprint density at radius 2 is 1.73 bits per heavy atom. The number of rotatable bonds is 7. The van der Waals surface area contributed by atoms with Crippen molar-refractivity contribution in [2.75, 3.05) is 11.4 Å². The molecule has 1 aliphatic rings. The van der Waals surface area contributed by atoms with E-state index in [0.717, 1.165) is 45.5 Å². The highest BCUT2D eigenvalue weighted by Gasteiger charge is 2.36. The monoisotopic (exact) mass is 562 g/mol. The minimum atomic E-state index is -1.21. The summed E-state index contributed by atoms with van der Waals surface area (Å²) in [6, 6.07) is 9.65. The first-order valence-corrected chi connectivity index (χ1v) is 13.8. The number of aliphatic carboxylic acids is 1. The number of halogens is 1. The number of carbonyl (C=O) groups is 1. The number of hydrogen-bond donors (Lipinski definition) is 1. The van der Waals surface area contributed by atoms with E-state index in [1.165, 1.54) is 0 Å². The molecule has 8 nitrogen and oxygen atoms in total. The second-order valence-corrected chi connectivity index (χ2v) is 11.9. The van der Waals surface area contributed by atoms with Gasteiger partial charge in [0.2, 0.25) is 5.95 Å². The van der Waals surface area contributed by atoms with Gasteiger partial charge in [-0.2, -0.15) is 0 Å². The largest absolute Gasteiger partial charge is 0.488 e. The van der Waals surface area contributed by atoms with Gasteiger partial charge in [-0.15, -0.1) is 0 Å². The number of anilines is 2. The van der Waals surface area contributed by atoms with E-state index in [-0.39, 0.29) is 6.10 Å². The van der Waals surface area contributed by atoms with Crippen LogP contribution in [0.3, 0.4) is 0 Å². The first-order chi connectivity index (χ1) is 18.9. The maximum Gasteiger partial charge on any atom is 0.337 e. The first kappa shape index (κ1) is 27.9. The highest BCUT2D eigenvalue weighted by atomic mass is 35.5. The van der Waals surface area contributed by atoms with Crippen LogP contribution in [0, 0.1) is 13.8 Å². The van der Waals surface area contributed by atoms with Crippen LogP contribution in [-0.4, -0.2) is 43.9 Å². The number of ether oxygens (including phenoxy) is 2. The molecule has 0 unspecified atom stereocenters. The van der Waals surface area contributed by atoms with Crippen molar-refractivity contribution >= 4 is 40.1 Å². The van der Waals surface area contributed by atoms with Crippen LogP contribution in [0.4, 0.5) is 11.6 Å². The van der Waals surface area contributed by atoms with Crippen molar-refractivity contribution in [3.8, 4) is 16.9 Å². The van der Waals surface area contributed by atoms with Crippen LogP contribution in [0.25, 0.3) is 22.0 Å². The van der Waals surface area contributed by atoms with Crippen molar-refractivity contribution < 1.29 is 19.4 Å². The Bertz CT molecular complexity index is 1570. The molecule has 2 aromatic heterocycles. The van der Waals surface area contributed by atoms with Crippen molar-refractivity contribution in [3.05, 3.63) is 64.6 Å². The average molecular weight is 563 g/mol. The Hall–Kier alpha value is -3.62. The van der Waals surface area contributed by atoms with Gasteiger partial charge >= 0.3 is 5.97 Å². The molecule has 210 valence electrons. The highest BCUT2D eigenvalue weighted by Crippen LogP contribution is 2.49. The molecule has 0 saturated heterocycles. The molecule has 4 aromatic rings. The van der Waals surface area contributed by atoms with Crippen molar-refractivity contribution in [2.45, 2.75) is 72.8 Å². The molecule has 1 N–H and O–H groups in total. The van der Waals surface area contributed by atoms with E-state index in [0.29, 0.717) is 28.8 Å². The van der Waals surface area contributed by atoms with E-state index in [2.05, 4.69) is 32.4 Å². The van der Waals surface area contributed by atoms with E-state index in [1.807, 2.05) is 65.8 Å². The molecule has 40 heavy (non-hydrogen) atoms. The highest BCUT2D eigenvalue weighted by molar-refractivity contribution is 6.30. The summed E-state index contributed by atoms with van der Waals surface area (Å²) < 4.78 is 14.3. The lowest BCUT2D eigenvalue weighted by molar-refractivity contribution is -0.160. The van der Waals surface area contributed by atoms with E-state index in [9.17, 15) is 9.90 Å². The molecule has 2 aromatic carbocycles. The molecular weight excluding hydrogens is 528 g/mol. The van der Waals surface area contributed by atoms with Gasteiger partial charge in [0.1, 0.15) is 0 Å². The van der Waals surface area contributed by atoms with Gasteiger partial charge in [-0.05, 0) is 83.4 Å². The molecule has 0 amide bonds. The minimum Gasteiger partial charge on any atom is -0.488 e. The van der Waals surface area contributed by atoms with Crippen LogP contribution < -0.4 is 9.64 Å². The fraction of sp³-hybridized carbons (Fsp3) is 0.387. The van der Waals surface area contributed by atoms with E-state index >= 15 is 0 Å². The van der Waals surface area contributed by atoms with Gasteiger partial charge < -0.3 is 24.0 Å². The summed E-state index contributed by atoms with van der Waals surface area (Å²) in [4.78, 5) is 24.2. The third kappa shape index (κ3) is 5.13. The van der Waals surface area contributed by atoms with Crippen LogP contribution in [-0.2, 0) is 16.1 Å². The summed E-state index contributed by atoms with van der Waals surface area (Å²) in [6.45, 7) is 14.9. The summed E-state index contributed by atoms with van der Waals surface area (Å²) >= 11 is 6.25. The Kier molecular flexibility index (Phi) is 7.27. The quantitative estimate of drug-likeness (QED) is 0.254.